The lowest BCUT2D eigenvalue weighted by atomic mass is 9.71. The number of ether oxygens (including phenoxy) is 5. The Labute approximate surface area is 323 Å². The predicted molar refractivity (Wildman–Crippen MR) is 200 cm³/mol. The average Bonchev–Trinajstić information content (AvgIpc) is 3.66. The smallest absolute Gasteiger partial charge is 0.323 e. The van der Waals surface area contributed by atoms with Gasteiger partial charge in [-0.25, -0.2) is 4.57 Å². The molecule has 3 aromatic rings. The number of nitriles is 1. The standard InChI is InChI=1S/C33H36N4O8S.C7H8NO/c1-6-7-36-19-9-17-8-14(2)28(41-5)27(39)22(17)25(36)26-32-24-23(31-30(43-13-44-31)15(3)29(24)45-16(4)38)21(37(26)20(19)10-34)11-42-33(40)18(35)12-46-32;1-8-4-2-7(6-9)3-5-8/h6,8,18-21,25-26,32,39H,1,7,9,11-13,35H2,2-5H3;2-6H,1H3/q;+1/t18?,19-,20-,21-,25+,26?,32+;/m0./s1. The fourth-order valence-electron chi connectivity index (χ4n) is 8.82. The van der Waals surface area contributed by atoms with Gasteiger partial charge in [0.25, 0.3) is 0 Å². The molecule has 14 nitrogen and oxygen atoms in total. The van der Waals surface area contributed by atoms with Crippen molar-refractivity contribution in [3.05, 3.63) is 82.2 Å². The molecule has 0 amide bonds. The summed E-state index contributed by atoms with van der Waals surface area (Å²) in [6.07, 6.45) is 6.81. The van der Waals surface area contributed by atoms with Gasteiger partial charge in [-0.2, -0.15) is 5.26 Å². The molecule has 288 valence electrons. The van der Waals surface area contributed by atoms with Gasteiger partial charge in [-0.1, -0.05) is 12.1 Å². The van der Waals surface area contributed by atoms with E-state index < -0.39 is 47.4 Å². The summed E-state index contributed by atoms with van der Waals surface area (Å²) in [5.74, 6) is 0.861. The molecule has 0 saturated carbocycles. The van der Waals surface area contributed by atoms with Gasteiger partial charge in [0.05, 0.1) is 30.5 Å². The molecule has 0 aliphatic carbocycles. The van der Waals surface area contributed by atoms with E-state index in [0.29, 0.717) is 63.8 Å². The molecule has 3 N–H and O–H groups in total. The largest absolute Gasteiger partial charge is 0.504 e. The van der Waals surface area contributed by atoms with E-state index in [0.717, 1.165) is 17.4 Å². The first kappa shape index (κ1) is 38.1. The number of methoxy groups -OCH3 is 1. The number of aldehydes is 1. The van der Waals surface area contributed by atoms with Crippen LogP contribution in [0, 0.1) is 25.2 Å². The molecule has 15 heteroatoms. The molecule has 55 heavy (non-hydrogen) atoms. The Bertz CT molecular complexity index is 2100. The molecule has 0 radical (unpaired) electrons. The van der Waals surface area contributed by atoms with E-state index in [1.807, 2.05) is 43.9 Å². The number of phenolic OH excluding ortho intramolecular Hbond substituents is 1. The molecule has 4 bridgehead atoms. The number of nitrogens with two attached hydrogens (primary N) is 1. The topological polar surface area (TPSA) is 178 Å². The fourth-order valence-corrected chi connectivity index (χ4v) is 10.3. The number of aromatic hydroxyl groups is 1. The minimum atomic E-state index is -0.907. The Morgan fingerprint density at radius 3 is 2.56 bits per heavy atom. The van der Waals surface area contributed by atoms with E-state index >= 15 is 0 Å². The molecule has 0 spiro atoms. The maximum absolute atomic E-state index is 13.0. The van der Waals surface area contributed by atoms with Crippen LogP contribution in [0.2, 0.25) is 0 Å². The highest BCUT2D eigenvalue weighted by Gasteiger charge is 2.61. The van der Waals surface area contributed by atoms with Gasteiger partial charge in [-0.3, -0.25) is 24.2 Å². The molecule has 6 heterocycles. The van der Waals surface area contributed by atoms with Crippen LogP contribution in [0.3, 0.4) is 0 Å². The van der Waals surface area contributed by atoms with Gasteiger partial charge in [0.15, 0.2) is 41.7 Å². The third kappa shape index (κ3) is 6.36. The number of phenols is 1. The normalized spacial score (nSPS) is 26.1. The number of cyclic esters (lactones) is 1. The van der Waals surface area contributed by atoms with Crippen molar-refractivity contribution in [1.29, 1.82) is 5.26 Å². The van der Waals surface area contributed by atoms with Gasteiger partial charge in [0.1, 0.15) is 31.5 Å². The van der Waals surface area contributed by atoms with Crippen molar-refractivity contribution in [2.24, 2.45) is 12.8 Å². The molecule has 5 aliphatic rings. The number of aromatic nitrogens is 1. The number of hydrogen-bond acceptors (Lipinski definition) is 14. The van der Waals surface area contributed by atoms with Gasteiger partial charge < -0.3 is 34.5 Å². The van der Waals surface area contributed by atoms with Gasteiger partial charge in [-0.05, 0) is 31.4 Å². The highest BCUT2D eigenvalue weighted by atomic mass is 32.2. The van der Waals surface area contributed by atoms with Crippen molar-refractivity contribution in [3.63, 3.8) is 0 Å². The first-order valence-corrected chi connectivity index (χ1v) is 19.0. The third-order valence-corrected chi connectivity index (χ3v) is 12.4. The van der Waals surface area contributed by atoms with Crippen LogP contribution in [0.25, 0.3) is 0 Å². The molecule has 2 fully saturated rings. The average molecular weight is 771 g/mol. The summed E-state index contributed by atoms with van der Waals surface area (Å²) < 4.78 is 31.4. The van der Waals surface area contributed by atoms with Gasteiger partial charge >= 0.3 is 11.9 Å². The zero-order chi connectivity index (χ0) is 39.3. The molecule has 8 rings (SSSR count). The van der Waals surface area contributed by atoms with E-state index in [1.165, 1.54) is 25.8 Å². The molecular formula is C40H44N5O9S+. The molecule has 5 aliphatic heterocycles. The molecule has 2 unspecified atom stereocenters. The number of carbonyl (C=O) groups is 3. The first-order valence-electron chi connectivity index (χ1n) is 18.0. The lowest BCUT2D eigenvalue weighted by Crippen LogP contribution is -2.70. The monoisotopic (exact) mass is 770 g/mol. The Balaban J connectivity index is 0.000000455. The number of pyridine rings is 1. The quantitative estimate of drug-likeness (QED) is 0.127. The fraction of sp³-hybridized carbons (Fsp3) is 0.425. The van der Waals surface area contributed by atoms with Crippen LogP contribution in [0.15, 0.2) is 43.2 Å². The number of esters is 2. The number of piperazine rings is 1. The maximum atomic E-state index is 13.0. The summed E-state index contributed by atoms with van der Waals surface area (Å²) in [5, 5.41) is 22.3. The number of benzene rings is 2. The highest BCUT2D eigenvalue weighted by molar-refractivity contribution is 7.99. The second kappa shape index (κ2) is 15.2. The van der Waals surface area contributed by atoms with Gasteiger partial charge in [0, 0.05) is 71.3 Å². The van der Waals surface area contributed by atoms with Gasteiger partial charge in [0.2, 0.25) is 6.79 Å². The summed E-state index contributed by atoms with van der Waals surface area (Å²) in [6, 6.07) is 4.69. The predicted octanol–water partition coefficient (Wildman–Crippen LogP) is 3.44. The zero-order valence-corrected chi connectivity index (χ0v) is 32.1. The Morgan fingerprint density at radius 1 is 1.18 bits per heavy atom. The van der Waals surface area contributed by atoms with E-state index in [2.05, 4.69) is 22.4 Å². The van der Waals surface area contributed by atoms with E-state index in [9.17, 15) is 24.8 Å². The second-order valence-corrected chi connectivity index (χ2v) is 15.4. The lowest BCUT2D eigenvalue weighted by Gasteiger charge is -2.62. The number of aryl methyl sites for hydroxylation is 2. The van der Waals surface area contributed by atoms with Crippen molar-refractivity contribution in [3.8, 4) is 34.8 Å². The number of thioether (sulfide) groups is 1. The van der Waals surface area contributed by atoms with Crippen molar-refractivity contribution >= 4 is 30.0 Å². The summed E-state index contributed by atoms with van der Waals surface area (Å²) in [6.45, 7) is 9.38. The number of fused-ring (bicyclic) bond motifs is 9. The highest BCUT2D eigenvalue weighted by Crippen LogP contribution is 2.64. The van der Waals surface area contributed by atoms with E-state index in [1.54, 1.807) is 18.2 Å². The summed E-state index contributed by atoms with van der Waals surface area (Å²) in [4.78, 5) is 40.1. The number of nitrogens with zero attached hydrogens (tertiary/aromatic N) is 4. The molecule has 2 aromatic carbocycles. The minimum Gasteiger partial charge on any atom is -0.504 e. The van der Waals surface area contributed by atoms with Crippen molar-refractivity contribution in [2.45, 2.75) is 68.7 Å². The van der Waals surface area contributed by atoms with E-state index in [-0.39, 0.29) is 30.9 Å². The molecular weight excluding hydrogens is 727 g/mol. The summed E-state index contributed by atoms with van der Waals surface area (Å²) in [5.41, 5.74) is 11.5. The van der Waals surface area contributed by atoms with Crippen molar-refractivity contribution in [2.75, 3.05) is 32.8 Å². The number of rotatable bonds is 5. The van der Waals surface area contributed by atoms with Crippen LogP contribution in [0.4, 0.5) is 0 Å². The van der Waals surface area contributed by atoms with Crippen LogP contribution in [-0.2, 0) is 27.8 Å². The minimum absolute atomic E-state index is 0.0365. The van der Waals surface area contributed by atoms with Crippen LogP contribution < -0.4 is 29.2 Å². The van der Waals surface area contributed by atoms with Crippen molar-refractivity contribution < 1.29 is 47.7 Å². The summed E-state index contributed by atoms with van der Waals surface area (Å²) in [7, 11) is 3.44. The number of carbonyl (C=O) groups excluding carboxylic acids is 3. The first-order chi connectivity index (χ1) is 26.4. The van der Waals surface area contributed by atoms with Crippen LogP contribution >= 0.6 is 11.8 Å². The third-order valence-electron chi connectivity index (χ3n) is 11.0. The van der Waals surface area contributed by atoms with Crippen LogP contribution in [0.5, 0.6) is 28.7 Å². The lowest BCUT2D eigenvalue weighted by molar-refractivity contribution is -0.671. The molecule has 2 saturated heterocycles. The second-order valence-electron chi connectivity index (χ2n) is 14.2. The van der Waals surface area contributed by atoms with Crippen LogP contribution in [-0.4, -0.2) is 90.1 Å². The number of hydrogen-bond donors (Lipinski definition) is 2. The Morgan fingerprint density at radius 2 is 1.91 bits per heavy atom. The Kier molecular flexibility index (Phi) is 10.5. The van der Waals surface area contributed by atoms with Crippen LogP contribution in [0.1, 0.15) is 68.0 Å². The Hall–Kier alpha value is -5.14. The maximum Gasteiger partial charge on any atom is 0.323 e. The molecule has 7 atom stereocenters. The SMILES string of the molecule is C=CCN1[C@@H]2c3c(cc(C)c(OC)c3O)C[C@H]1[C@H](C#N)N1C2[C@@H]2SCC(N)C(=O)OC[C@H]1c1c3c(c(C)c(OC(C)=O)c12)OCO3.C[n+]1ccc(C=O)cc1. The van der Waals surface area contributed by atoms with Gasteiger partial charge in [-0.15, -0.1) is 18.3 Å². The van der Waals surface area contributed by atoms with Crippen molar-refractivity contribution in [1.82, 2.24) is 9.80 Å². The zero-order valence-electron chi connectivity index (χ0n) is 31.3. The van der Waals surface area contributed by atoms with E-state index in [4.69, 9.17) is 29.4 Å². The molecule has 1 aromatic heterocycles. The summed E-state index contributed by atoms with van der Waals surface area (Å²) >= 11 is 1.43.